The number of benzene rings is 1. The minimum absolute atomic E-state index is 0.124. The summed E-state index contributed by atoms with van der Waals surface area (Å²) in [6.07, 6.45) is 0.935. The van der Waals surface area contributed by atoms with E-state index in [4.69, 9.17) is 10.5 Å². The van der Waals surface area contributed by atoms with Gasteiger partial charge >= 0.3 is 0 Å². The molecule has 0 atom stereocenters. The average Bonchev–Trinajstić information content (AvgIpc) is 2.47. The number of anilines is 1. The molecule has 0 radical (unpaired) electrons. The second-order valence-electron chi connectivity index (χ2n) is 4.60. The Morgan fingerprint density at radius 1 is 1.35 bits per heavy atom. The van der Waals surface area contributed by atoms with Crippen LogP contribution in [0.2, 0.25) is 0 Å². The first-order valence-corrected chi connectivity index (χ1v) is 7.06. The molecule has 0 aliphatic heterocycles. The van der Waals surface area contributed by atoms with Crippen LogP contribution in [0, 0.1) is 0 Å². The van der Waals surface area contributed by atoms with E-state index in [2.05, 4.69) is 24.1 Å². The van der Waals surface area contributed by atoms with Gasteiger partial charge in [-0.1, -0.05) is 13.8 Å². The monoisotopic (exact) mass is 279 g/mol. The molecule has 0 saturated carbocycles. The fourth-order valence-electron chi connectivity index (χ4n) is 2.04. The van der Waals surface area contributed by atoms with Crippen LogP contribution in [0.15, 0.2) is 18.2 Å². The maximum absolute atomic E-state index is 12.1. The molecule has 0 aliphatic carbocycles. The van der Waals surface area contributed by atoms with Gasteiger partial charge in [-0.3, -0.25) is 4.79 Å². The molecule has 112 valence electrons. The van der Waals surface area contributed by atoms with Crippen molar-refractivity contribution in [2.45, 2.75) is 20.3 Å². The zero-order valence-electron chi connectivity index (χ0n) is 12.6. The SMILES string of the molecule is CCN(CC)CCCNC(=O)c1ccc(N)cc1OC. The molecule has 0 unspecified atom stereocenters. The van der Waals surface area contributed by atoms with E-state index in [1.54, 1.807) is 18.2 Å². The molecular formula is C15H25N3O2. The summed E-state index contributed by atoms with van der Waals surface area (Å²) in [4.78, 5) is 14.4. The standard InChI is InChI=1S/C15H25N3O2/c1-4-18(5-2)10-6-9-17-15(19)13-8-7-12(16)11-14(13)20-3/h7-8,11H,4-6,9-10,16H2,1-3H3,(H,17,19). The van der Waals surface area contributed by atoms with Gasteiger partial charge in [0.2, 0.25) is 0 Å². The van der Waals surface area contributed by atoms with Crippen LogP contribution in [0.5, 0.6) is 5.75 Å². The summed E-state index contributed by atoms with van der Waals surface area (Å²) in [6, 6.07) is 5.05. The third-order valence-electron chi connectivity index (χ3n) is 3.30. The Balaban J connectivity index is 2.47. The van der Waals surface area contributed by atoms with E-state index in [1.165, 1.54) is 7.11 Å². The zero-order chi connectivity index (χ0) is 15.0. The van der Waals surface area contributed by atoms with Crippen LogP contribution in [-0.4, -0.2) is 44.1 Å². The minimum Gasteiger partial charge on any atom is -0.496 e. The van der Waals surface area contributed by atoms with Gasteiger partial charge in [-0.05, 0) is 38.2 Å². The number of carbonyl (C=O) groups is 1. The highest BCUT2D eigenvalue weighted by atomic mass is 16.5. The molecule has 20 heavy (non-hydrogen) atoms. The molecule has 1 aromatic carbocycles. The second kappa shape index (κ2) is 8.43. The third kappa shape index (κ3) is 4.74. The Labute approximate surface area is 121 Å². The summed E-state index contributed by atoms with van der Waals surface area (Å²) >= 11 is 0. The number of methoxy groups -OCH3 is 1. The number of ether oxygens (including phenoxy) is 1. The highest BCUT2D eigenvalue weighted by Crippen LogP contribution is 2.21. The van der Waals surface area contributed by atoms with E-state index in [9.17, 15) is 4.79 Å². The lowest BCUT2D eigenvalue weighted by atomic mass is 10.1. The summed E-state index contributed by atoms with van der Waals surface area (Å²) in [5.74, 6) is 0.382. The fourth-order valence-corrected chi connectivity index (χ4v) is 2.04. The lowest BCUT2D eigenvalue weighted by molar-refractivity contribution is 0.0949. The number of nitrogens with two attached hydrogens (primary N) is 1. The van der Waals surface area contributed by atoms with E-state index >= 15 is 0 Å². The fraction of sp³-hybridized carbons (Fsp3) is 0.533. The summed E-state index contributed by atoms with van der Waals surface area (Å²) in [5.41, 5.74) is 6.77. The quantitative estimate of drug-likeness (QED) is 0.562. The highest BCUT2D eigenvalue weighted by molar-refractivity contribution is 5.97. The maximum atomic E-state index is 12.1. The predicted octanol–water partition coefficient (Wildman–Crippen LogP) is 1.74. The molecule has 5 nitrogen and oxygen atoms in total. The van der Waals surface area contributed by atoms with E-state index in [-0.39, 0.29) is 5.91 Å². The van der Waals surface area contributed by atoms with E-state index in [1.807, 2.05) is 0 Å². The van der Waals surface area contributed by atoms with Crippen molar-refractivity contribution in [3.8, 4) is 5.75 Å². The normalized spacial score (nSPS) is 10.6. The van der Waals surface area contributed by atoms with Crippen molar-refractivity contribution in [1.82, 2.24) is 10.2 Å². The van der Waals surface area contributed by atoms with Crippen molar-refractivity contribution < 1.29 is 9.53 Å². The molecule has 0 spiro atoms. The van der Waals surface area contributed by atoms with Crippen LogP contribution >= 0.6 is 0 Å². The largest absolute Gasteiger partial charge is 0.496 e. The Morgan fingerprint density at radius 2 is 2.05 bits per heavy atom. The third-order valence-corrected chi connectivity index (χ3v) is 3.30. The van der Waals surface area contributed by atoms with E-state index in [0.717, 1.165) is 26.1 Å². The molecule has 1 amide bonds. The second-order valence-corrected chi connectivity index (χ2v) is 4.60. The number of nitrogens with one attached hydrogen (secondary N) is 1. The van der Waals surface area contributed by atoms with Crippen molar-refractivity contribution in [2.24, 2.45) is 0 Å². The van der Waals surface area contributed by atoms with Crippen molar-refractivity contribution in [2.75, 3.05) is 39.0 Å². The number of amides is 1. The molecule has 0 aliphatic rings. The van der Waals surface area contributed by atoms with Crippen LogP contribution in [0.4, 0.5) is 5.69 Å². The van der Waals surface area contributed by atoms with Crippen molar-refractivity contribution in [1.29, 1.82) is 0 Å². The van der Waals surface area contributed by atoms with Crippen LogP contribution in [0.3, 0.4) is 0 Å². The van der Waals surface area contributed by atoms with Gasteiger partial charge in [0, 0.05) is 18.3 Å². The van der Waals surface area contributed by atoms with Crippen molar-refractivity contribution in [3.63, 3.8) is 0 Å². The molecular weight excluding hydrogens is 254 g/mol. The first kappa shape index (κ1) is 16.3. The molecule has 0 aromatic heterocycles. The predicted molar refractivity (Wildman–Crippen MR) is 82.1 cm³/mol. The lowest BCUT2D eigenvalue weighted by Gasteiger charge is -2.17. The van der Waals surface area contributed by atoms with Crippen LogP contribution in [0.25, 0.3) is 0 Å². The van der Waals surface area contributed by atoms with Gasteiger partial charge in [0.05, 0.1) is 12.7 Å². The van der Waals surface area contributed by atoms with Gasteiger partial charge in [0.15, 0.2) is 0 Å². The summed E-state index contributed by atoms with van der Waals surface area (Å²) in [6.45, 7) is 8.00. The van der Waals surface area contributed by atoms with E-state index in [0.29, 0.717) is 23.5 Å². The topological polar surface area (TPSA) is 67.6 Å². The molecule has 5 heteroatoms. The Bertz CT molecular complexity index is 431. The Kier molecular flexibility index (Phi) is 6.87. The molecule has 0 fully saturated rings. The molecule has 0 bridgehead atoms. The first-order chi connectivity index (χ1) is 9.62. The van der Waals surface area contributed by atoms with E-state index < -0.39 is 0 Å². The Hall–Kier alpha value is -1.75. The average molecular weight is 279 g/mol. The Morgan fingerprint density at radius 3 is 2.65 bits per heavy atom. The smallest absolute Gasteiger partial charge is 0.255 e. The van der Waals surface area contributed by atoms with Gasteiger partial charge < -0.3 is 20.7 Å². The van der Waals surface area contributed by atoms with Gasteiger partial charge in [0.25, 0.3) is 5.91 Å². The summed E-state index contributed by atoms with van der Waals surface area (Å²) in [7, 11) is 1.53. The number of hydrogen-bond donors (Lipinski definition) is 2. The molecule has 0 saturated heterocycles. The molecule has 3 N–H and O–H groups in total. The minimum atomic E-state index is -0.124. The van der Waals surface area contributed by atoms with Gasteiger partial charge in [0.1, 0.15) is 5.75 Å². The number of nitrogen functional groups attached to an aromatic ring is 1. The first-order valence-electron chi connectivity index (χ1n) is 7.06. The van der Waals surface area contributed by atoms with Crippen LogP contribution in [-0.2, 0) is 0 Å². The number of carbonyl (C=O) groups excluding carboxylic acids is 1. The van der Waals surface area contributed by atoms with Crippen molar-refractivity contribution in [3.05, 3.63) is 23.8 Å². The number of rotatable bonds is 8. The molecule has 0 heterocycles. The van der Waals surface area contributed by atoms with Crippen LogP contribution in [0.1, 0.15) is 30.6 Å². The summed E-state index contributed by atoms with van der Waals surface area (Å²) < 4.78 is 5.18. The molecule has 1 aromatic rings. The maximum Gasteiger partial charge on any atom is 0.255 e. The summed E-state index contributed by atoms with van der Waals surface area (Å²) in [5, 5.41) is 2.91. The van der Waals surface area contributed by atoms with Gasteiger partial charge in [-0.2, -0.15) is 0 Å². The number of hydrogen-bond acceptors (Lipinski definition) is 4. The highest BCUT2D eigenvalue weighted by Gasteiger charge is 2.11. The number of nitrogens with zero attached hydrogens (tertiary/aromatic N) is 1. The van der Waals surface area contributed by atoms with Crippen molar-refractivity contribution >= 4 is 11.6 Å². The van der Waals surface area contributed by atoms with Gasteiger partial charge in [-0.25, -0.2) is 0 Å². The van der Waals surface area contributed by atoms with Gasteiger partial charge in [-0.15, -0.1) is 0 Å². The van der Waals surface area contributed by atoms with Crippen LogP contribution < -0.4 is 15.8 Å². The lowest BCUT2D eigenvalue weighted by Crippen LogP contribution is -2.30. The molecule has 1 rings (SSSR count). The zero-order valence-corrected chi connectivity index (χ0v) is 12.6.